The molecule has 0 bridgehead atoms. The molecule has 0 radical (unpaired) electrons. The maximum atomic E-state index is 7.26. The van der Waals surface area contributed by atoms with Crippen LogP contribution in [0.3, 0.4) is 0 Å². The Labute approximate surface area is 50.4 Å². The Morgan fingerprint density at radius 1 is 1.00 bits per heavy atom. The fourth-order valence-corrected chi connectivity index (χ4v) is 0. The van der Waals surface area contributed by atoms with E-state index < -0.39 is 0 Å². The van der Waals surface area contributed by atoms with E-state index in [4.69, 9.17) is 10.5 Å². The summed E-state index contributed by atoms with van der Waals surface area (Å²) >= 11 is 0. The topological polar surface area (TPSA) is 47.6 Å². The number of nitrogens with zero attached hydrogens (tertiary/aromatic N) is 2. The zero-order chi connectivity index (χ0) is 6.83. The third-order valence-corrected chi connectivity index (χ3v) is 0.550. The summed E-state index contributed by atoms with van der Waals surface area (Å²) in [7, 11) is 0. The highest BCUT2D eigenvalue weighted by Gasteiger charge is 1.56. The zero-order valence-corrected chi connectivity index (χ0v) is 5.31. The van der Waals surface area contributed by atoms with E-state index in [-0.39, 0.29) is 0 Å². The van der Waals surface area contributed by atoms with Crippen LogP contribution in [0, 0.1) is 22.7 Å². The monoisotopic (exact) mass is 110 g/mol. The SMILES string of the molecule is CCCC.N#CC#N. The van der Waals surface area contributed by atoms with E-state index in [1.807, 2.05) is 0 Å². The van der Waals surface area contributed by atoms with Crippen LogP contribution in [0.4, 0.5) is 0 Å². The van der Waals surface area contributed by atoms with Gasteiger partial charge in [-0.1, -0.05) is 26.7 Å². The maximum Gasteiger partial charge on any atom is 0.181 e. The predicted molar refractivity (Wildman–Crippen MR) is 31.8 cm³/mol. The molecule has 0 saturated heterocycles. The minimum atomic E-state index is 1.24. The lowest BCUT2D eigenvalue weighted by molar-refractivity contribution is 0.886. The van der Waals surface area contributed by atoms with Crippen LogP contribution in [0.1, 0.15) is 26.7 Å². The molecule has 0 aliphatic rings. The highest BCUT2D eigenvalue weighted by atomic mass is 14.3. The van der Waals surface area contributed by atoms with Gasteiger partial charge >= 0.3 is 0 Å². The molecule has 2 heteroatoms. The second-order valence-electron chi connectivity index (χ2n) is 1.22. The molecule has 0 spiro atoms. The number of nitriles is 2. The molecule has 0 saturated carbocycles. The first-order valence-corrected chi connectivity index (χ1v) is 2.61. The fourth-order valence-electron chi connectivity index (χ4n) is 0. The quantitative estimate of drug-likeness (QED) is 0.517. The molecular formula is C6H10N2. The second-order valence-corrected chi connectivity index (χ2v) is 1.22. The summed E-state index contributed by atoms with van der Waals surface area (Å²) in [5.41, 5.74) is 0. The minimum Gasteiger partial charge on any atom is -0.181 e. The Bertz CT molecular complexity index is 80.1. The van der Waals surface area contributed by atoms with Gasteiger partial charge < -0.3 is 0 Å². The Morgan fingerprint density at radius 3 is 1.25 bits per heavy atom. The van der Waals surface area contributed by atoms with Gasteiger partial charge in [-0.3, -0.25) is 0 Å². The van der Waals surface area contributed by atoms with E-state index in [9.17, 15) is 0 Å². The molecule has 0 atom stereocenters. The highest BCUT2D eigenvalue weighted by Crippen LogP contribution is 1.76. The smallest absolute Gasteiger partial charge is 0.181 e. The van der Waals surface area contributed by atoms with E-state index in [1.54, 1.807) is 0 Å². The average Bonchev–Trinajstić information content (AvgIpc) is 1.88. The third kappa shape index (κ3) is 82.1. The number of hydrogen-bond donors (Lipinski definition) is 0. The highest BCUT2D eigenvalue weighted by molar-refractivity contribution is 4.99. The van der Waals surface area contributed by atoms with E-state index >= 15 is 0 Å². The lowest BCUT2D eigenvalue weighted by Crippen LogP contribution is -1.47. The number of hydrogen-bond acceptors (Lipinski definition) is 2. The van der Waals surface area contributed by atoms with Crippen molar-refractivity contribution in [2.24, 2.45) is 0 Å². The van der Waals surface area contributed by atoms with Crippen molar-refractivity contribution in [3.05, 3.63) is 0 Å². The Morgan fingerprint density at radius 2 is 1.25 bits per heavy atom. The summed E-state index contributed by atoms with van der Waals surface area (Å²) in [5, 5.41) is 14.5. The zero-order valence-electron chi connectivity index (χ0n) is 5.31. The van der Waals surface area contributed by atoms with E-state index in [0.717, 1.165) is 0 Å². The van der Waals surface area contributed by atoms with Crippen molar-refractivity contribution >= 4 is 0 Å². The van der Waals surface area contributed by atoms with Gasteiger partial charge in [-0.2, -0.15) is 10.5 Å². The van der Waals surface area contributed by atoms with Crippen LogP contribution in [-0.4, -0.2) is 0 Å². The fraction of sp³-hybridized carbons (Fsp3) is 0.667. The molecule has 0 rings (SSSR count). The standard InChI is InChI=1S/C4H10.C2N2/c1-3-4-2;3-1-2-4/h3-4H2,1-2H3;. The molecule has 0 aromatic rings. The molecule has 2 nitrogen and oxygen atoms in total. The average molecular weight is 110 g/mol. The van der Waals surface area contributed by atoms with Gasteiger partial charge in [0.1, 0.15) is 0 Å². The van der Waals surface area contributed by atoms with Crippen LogP contribution in [-0.2, 0) is 0 Å². The first kappa shape index (κ1) is 10.1. The summed E-state index contributed by atoms with van der Waals surface area (Å²) in [5.74, 6) is 0. The maximum absolute atomic E-state index is 7.26. The number of rotatable bonds is 1. The summed E-state index contributed by atoms with van der Waals surface area (Å²) in [6.45, 7) is 4.36. The van der Waals surface area contributed by atoms with Crippen molar-refractivity contribution in [1.82, 2.24) is 0 Å². The van der Waals surface area contributed by atoms with Crippen molar-refractivity contribution in [1.29, 1.82) is 10.5 Å². The minimum absolute atomic E-state index is 1.24. The normalized spacial score (nSPS) is 5.00. The van der Waals surface area contributed by atoms with Gasteiger partial charge in [-0.25, -0.2) is 0 Å². The summed E-state index contributed by atoms with van der Waals surface area (Å²) < 4.78 is 0. The summed E-state index contributed by atoms with van der Waals surface area (Å²) in [6, 6.07) is 2.47. The molecule has 0 aromatic heterocycles. The van der Waals surface area contributed by atoms with Gasteiger partial charge in [0.15, 0.2) is 12.1 Å². The first-order valence-electron chi connectivity index (χ1n) is 2.61. The summed E-state index contributed by atoms with van der Waals surface area (Å²) in [4.78, 5) is 0. The molecular weight excluding hydrogens is 100 g/mol. The van der Waals surface area contributed by atoms with Gasteiger partial charge in [-0.15, -0.1) is 0 Å². The molecule has 0 fully saturated rings. The lowest BCUT2D eigenvalue weighted by Gasteiger charge is -1.68. The molecule has 8 heavy (non-hydrogen) atoms. The van der Waals surface area contributed by atoms with Crippen molar-refractivity contribution in [3.63, 3.8) is 0 Å². The number of unbranched alkanes of at least 4 members (excludes halogenated alkanes) is 1. The van der Waals surface area contributed by atoms with E-state index in [1.165, 1.54) is 25.0 Å². The van der Waals surface area contributed by atoms with Crippen LogP contribution >= 0.6 is 0 Å². The van der Waals surface area contributed by atoms with Gasteiger partial charge in [0.05, 0.1) is 0 Å². The second kappa shape index (κ2) is 16.7. The van der Waals surface area contributed by atoms with Gasteiger partial charge in [0.2, 0.25) is 0 Å². The predicted octanol–water partition coefficient (Wildman–Crippen LogP) is 1.84. The van der Waals surface area contributed by atoms with Crippen LogP contribution in [0.5, 0.6) is 0 Å². The van der Waals surface area contributed by atoms with Gasteiger partial charge in [0.25, 0.3) is 0 Å². The first-order chi connectivity index (χ1) is 3.83. The third-order valence-electron chi connectivity index (χ3n) is 0.550. The summed E-state index contributed by atoms with van der Waals surface area (Å²) in [6.07, 6.45) is 2.64. The van der Waals surface area contributed by atoms with Crippen molar-refractivity contribution in [2.45, 2.75) is 26.7 Å². The molecule has 0 unspecified atom stereocenters. The van der Waals surface area contributed by atoms with E-state index in [2.05, 4.69) is 13.8 Å². The molecule has 0 heterocycles. The largest absolute Gasteiger partial charge is 0.181 e. The molecule has 0 aliphatic heterocycles. The van der Waals surface area contributed by atoms with Crippen LogP contribution in [0.2, 0.25) is 0 Å². The lowest BCUT2D eigenvalue weighted by atomic mass is 10.4. The molecule has 0 aromatic carbocycles. The Kier molecular flexibility index (Phi) is 21.0. The van der Waals surface area contributed by atoms with Gasteiger partial charge in [0, 0.05) is 0 Å². The van der Waals surface area contributed by atoms with Gasteiger partial charge in [-0.05, 0) is 0 Å². The molecule has 44 valence electrons. The Hall–Kier alpha value is -1.02. The van der Waals surface area contributed by atoms with Crippen molar-refractivity contribution < 1.29 is 0 Å². The van der Waals surface area contributed by atoms with Crippen LogP contribution < -0.4 is 0 Å². The molecule has 0 aliphatic carbocycles. The van der Waals surface area contributed by atoms with E-state index in [0.29, 0.717) is 0 Å². The molecule has 0 N–H and O–H groups in total. The Balaban J connectivity index is 0. The van der Waals surface area contributed by atoms with Crippen molar-refractivity contribution in [3.8, 4) is 12.1 Å². The van der Waals surface area contributed by atoms with Crippen LogP contribution in [0.15, 0.2) is 0 Å². The van der Waals surface area contributed by atoms with Crippen LogP contribution in [0.25, 0.3) is 0 Å². The van der Waals surface area contributed by atoms with Crippen molar-refractivity contribution in [2.75, 3.05) is 0 Å². The molecule has 0 amide bonds.